The highest BCUT2D eigenvalue weighted by molar-refractivity contribution is 5.40. The van der Waals surface area contributed by atoms with E-state index < -0.39 is 4.92 Å². The summed E-state index contributed by atoms with van der Waals surface area (Å²) >= 11 is 0. The molecule has 3 rings (SSSR count). The Balaban J connectivity index is 1.35. The summed E-state index contributed by atoms with van der Waals surface area (Å²) in [7, 11) is 0. The van der Waals surface area contributed by atoms with E-state index in [1.54, 1.807) is 6.07 Å². The topological polar surface area (TPSA) is 83.8 Å². The zero-order valence-corrected chi connectivity index (χ0v) is 13.9. The van der Waals surface area contributed by atoms with E-state index >= 15 is 0 Å². The van der Waals surface area contributed by atoms with Crippen molar-refractivity contribution in [1.29, 1.82) is 0 Å². The van der Waals surface area contributed by atoms with Gasteiger partial charge in [-0.05, 0) is 24.9 Å². The lowest BCUT2D eigenvalue weighted by molar-refractivity contribution is -0.385. The normalized spacial score (nSPS) is 22.6. The summed E-state index contributed by atoms with van der Waals surface area (Å²) < 4.78 is 5.38. The molecule has 0 unspecified atom stereocenters. The molecule has 0 aliphatic carbocycles. The van der Waals surface area contributed by atoms with E-state index in [0.29, 0.717) is 11.7 Å². The minimum absolute atomic E-state index is 0.0238. The Morgan fingerprint density at radius 2 is 2.04 bits per heavy atom. The van der Waals surface area contributed by atoms with E-state index in [2.05, 4.69) is 20.1 Å². The van der Waals surface area contributed by atoms with Crippen LogP contribution >= 0.6 is 0 Å². The summed E-state index contributed by atoms with van der Waals surface area (Å²) in [6.07, 6.45) is 2.48. The highest BCUT2D eigenvalue weighted by atomic mass is 16.6. The number of likely N-dealkylation sites (tertiary alicyclic amines) is 1. The van der Waals surface area contributed by atoms with Crippen LogP contribution < -0.4 is 5.32 Å². The summed E-state index contributed by atoms with van der Waals surface area (Å²) in [5, 5.41) is 13.9. The van der Waals surface area contributed by atoms with E-state index in [4.69, 9.17) is 4.74 Å². The van der Waals surface area contributed by atoms with E-state index in [1.165, 1.54) is 18.7 Å². The molecule has 1 atom stereocenters. The van der Waals surface area contributed by atoms with Crippen LogP contribution in [0, 0.1) is 16.0 Å². The number of rotatable bonds is 7. The van der Waals surface area contributed by atoms with Gasteiger partial charge in [0, 0.05) is 45.3 Å². The van der Waals surface area contributed by atoms with Gasteiger partial charge in [0.05, 0.1) is 18.1 Å². The van der Waals surface area contributed by atoms with Crippen molar-refractivity contribution in [1.82, 2.24) is 14.8 Å². The van der Waals surface area contributed by atoms with Crippen LogP contribution in [0.15, 0.2) is 18.3 Å². The number of morpholine rings is 1. The predicted molar refractivity (Wildman–Crippen MR) is 91.2 cm³/mol. The molecule has 2 saturated heterocycles. The van der Waals surface area contributed by atoms with Crippen LogP contribution in [0.1, 0.15) is 6.42 Å². The van der Waals surface area contributed by atoms with E-state index in [0.717, 1.165) is 59.0 Å². The molecule has 1 N–H and O–H groups in total. The van der Waals surface area contributed by atoms with Gasteiger partial charge < -0.3 is 15.0 Å². The fraction of sp³-hybridized carbons (Fsp3) is 0.688. The third-order valence-electron chi connectivity index (χ3n) is 4.74. The number of pyridine rings is 1. The molecule has 2 fully saturated rings. The fourth-order valence-electron chi connectivity index (χ4n) is 3.24. The van der Waals surface area contributed by atoms with Crippen LogP contribution in [-0.2, 0) is 4.74 Å². The first kappa shape index (κ1) is 17.1. The minimum atomic E-state index is -0.430. The lowest BCUT2D eigenvalue weighted by atomic mass is 10.1. The Hall–Kier alpha value is -1.77. The number of nitrogens with zero attached hydrogens (tertiary/aromatic N) is 4. The minimum Gasteiger partial charge on any atom is -0.379 e. The molecule has 0 radical (unpaired) electrons. The van der Waals surface area contributed by atoms with Gasteiger partial charge in [-0.3, -0.25) is 15.0 Å². The van der Waals surface area contributed by atoms with Crippen LogP contribution in [0.5, 0.6) is 0 Å². The number of hydrogen-bond donors (Lipinski definition) is 1. The maximum Gasteiger partial charge on any atom is 0.287 e. The van der Waals surface area contributed by atoms with Crippen molar-refractivity contribution in [2.45, 2.75) is 6.42 Å². The number of nitrogens with one attached hydrogen (secondary N) is 1. The standard InChI is InChI=1S/C16H25N5O3/c22-21(23)15-1-2-16(18-12-15)17-11-14-3-4-20(13-14)6-5-19-7-9-24-10-8-19/h1-2,12,14H,3-11,13H2,(H,17,18)/t14-/m0/s1. The van der Waals surface area contributed by atoms with Crippen molar-refractivity contribution in [2.75, 3.05) is 64.3 Å². The van der Waals surface area contributed by atoms with Gasteiger partial charge in [-0.2, -0.15) is 0 Å². The van der Waals surface area contributed by atoms with Crippen LogP contribution in [0.2, 0.25) is 0 Å². The zero-order chi connectivity index (χ0) is 16.8. The van der Waals surface area contributed by atoms with Gasteiger partial charge in [-0.25, -0.2) is 4.98 Å². The van der Waals surface area contributed by atoms with Gasteiger partial charge in [0.15, 0.2) is 0 Å². The second kappa shape index (κ2) is 8.36. The number of aromatic nitrogens is 1. The number of nitro groups is 1. The smallest absolute Gasteiger partial charge is 0.287 e. The molecule has 0 aromatic carbocycles. The van der Waals surface area contributed by atoms with Gasteiger partial charge >= 0.3 is 0 Å². The second-order valence-electron chi connectivity index (χ2n) is 6.45. The number of hydrogen-bond acceptors (Lipinski definition) is 7. The van der Waals surface area contributed by atoms with Gasteiger partial charge in [0.2, 0.25) is 0 Å². The molecule has 24 heavy (non-hydrogen) atoms. The monoisotopic (exact) mass is 335 g/mol. The van der Waals surface area contributed by atoms with Gasteiger partial charge in [-0.1, -0.05) is 0 Å². The van der Waals surface area contributed by atoms with Crippen molar-refractivity contribution in [2.24, 2.45) is 5.92 Å². The molecule has 0 spiro atoms. The summed E-state index contributed by atoms with van der Waals surface area (Å²) in [4.78, 5) is 19.3. The fourth-order valence-corrected chi connectivity index (χ4v) is 3.24. The highest BCUT2D eigenvalue weighted by Gasteiger charge is 2.23. The molecular formula is C16H25N5O3. The third-order valence-corrected chi connectivity index (χ3v) is 4.74. The van der Waals surface area contributed by atoms with E-state index in [9.17, 15) is 10.1 Å². The molecule has 0 bridgehead atoms. The van der Waals surface area contributed by atoms with Crippen molar-refractivity contribution in [3.05, 3.63) is 28.4 Å². The summed E-state index contributed by atoms with van der Waals surface area (Å²) in [5.41, 5.74) is 0.0238. The number of ether oxygens (including phenoxy) is 1. The van der Waals surface area contributed by atoms with Crippen molar-refractivity contribution in [3.8, 4) is 0 Å². The SMILES string of the molecule is O=[N+]([O-])c1ccc(NC[C@@H]2CCN(CCN3CCOCC3)C2)nc1. The molecule has 0 amide bonds. The maximum atomic E-state index is 10.6. The third kappa shape index (κ3) is 4.86. The van der Waals surface area contributed by atoms with Gasteiger partial charge in [0.1, 0.15) is 12.0 Å². The molecule has 2 aliphatic heterocycles. The summed E-state index contributed by atoms with van der Waals surface area (Å²) in [5.74, 6) is 1.30. The average molecular weight is 335 g/mol. The Morgan fingerprint density at radius 3 is 2.75 bits per heavy atom. The summed E-state index contributed by atoms with van der Waals surface area (Å²) in [6, 6.07) is 3.15. The second-order valence-corrected chi connectivity index (χ2v) is 6.45. The van der Waals surface area contributed by atoms with Crippen LogP contribution in [0.3, 0.4) is 0 Å². The molecule has 2 aliphatic rings. The largest absolute Gasteiger partial charge is 0.379 e. The van der Waals surface area contributed by atoms with Crippen LogP contribution in [-0.4, -0.2) is 78.7 Å². The molecule has 1 aromatic heterocycles. The Kier molecular flexibility index (Phi) is 5.95. The lowest BCUT2D eigenvalue weighted by Gasteiger charge is -2.28. The average Bonchev–Trinajstić information content (AvgIpc) is 3.07. The first-order chi connectivity index (χ1) is 11.7. The van der Waals surface area contributed by atoms with Crippen LogP contribution in [0.4, 0.5) is 11.5 Å². The maximum absolute atomic E-state index is 10.6. The van der Waals surface area contributed by atoms with Gasteiger partial charge in [0.25, 0.3) is 5.69 Å². The number of anilines is 1. The quantitative estimate of drug-likeness (QED) is 0.589. The lowest BCUT2D eigenvalue weighted by Crippen LogP contribution is -2.41. The zero-order valence-electron chi connectivity index (χ0n) is 13.9. The van der Waals surface area contributed by atoms with Crippen LogP contribution in [0.25, 0.3) is 0 Å². The predicted octanol–water partition coefficient (Wildman–Crippen LogP) is 1.06. The Bertz CT molecular complexity index is 533. The van der Waals surface area contributed by atoms with E-state index in [1.807, 2.05) is 0 Å². The molecule has 8 heteroatoms. The molecule has 1 aromatic rings. The Morgan fingerprint density at radius 1 is 1.25 bits per heavy atom. The summed E-state index contributed by atoms with van der Waals surface area (Å²) in [6.45, 7) is 9.14. The van der Waals surface area contributed by atoms with Gasteiger partial charge in [-0.15, -0.1) is 0 Å². The molecule has 132 valence electrons. The molecule has 0 saturated carbocycles. The van der Waals surface area contributed by atoms with Crippen molar-refractivity contribution in [3.63, 3.8) is 0 Å². The molecular weight excluding hydrogens is 310 g/mol. The first-order valence-corrected chi connectivity index (χ1v) is 8.57. The van der Waals surface area contributed by atoms with Crippen molar-refractivity contribution >= 4 is 11.5 Å². The van der Waals surface area contributed by atoms with E-state index in [-0.39, 0.29) is 5.69 Å². The molecule has 3 heterocycles. The van der Waals surface area contributed by atoms with Crippen molar-refractivity contribution < 1.29 is 9.66 Å². The first-order valence-electron chi connectivity index (χ1n) is 8.57. The highest BCUT2D eigenvalue weighted by Crippen LogP contribution is 2.18. The molecule has 8 nitrogen and oxygen atoms in total. The Labute approximate surface area is 141 Å².